The third kappa shape index (κ3) is 3.30. The predicted octanol–water partition coefficient (Wildman–Crippen LogP) is 6.95. The SMILES string of the molecule is C[C@@H]1CC[C@@]2(C)C(=CCC3C2CC[C@@]2(C)C3CC[C@@H]2[C@H](C)CCC(=O)OP)C1. The molecule has 0 amide bonds. The molecule has 4 rings (SSSR count). The highest BCUT2D eigenvalue weighted by Gasteiger charge is 2.58. The molecule has 3 saturated carbocycles. The molecule has 0 radical (unpaired) electrons. The number of hydrogen-bond acceptors (Lipinski definition) is 2. The van der Waals surface area contributed by atoms with E-state index in [0.29, 0.717) is 23.2 Å². The molecule has 4 unspecified atom stereocenters. The Hall–Kier alpha value is -0.360. The van der Waals surface area contributed by atoms with Crippen molar-refractivity contribution in [3.05, 3.63) is 11.6 Å². The van der Waals surface area contributed by atoms with Gasteiger partial charge in [-0.15, -0.1) is 0 Å². The van der Waals surface area contributed by atoms with Gasteiger partial charge in [0.05, 0.1) is 9.47 Å². The van der Waals surface area contributed by atoms with E-state index in [2.05, 4.69) is 43.2 Å². The molecule has 0 bridgehead atoms. The maximum Gasteiger partial charge on any atom is 0.307 e. The van der Waals surface area contributed by atoms with Gasteiger partial charge < -0.3 is 4.52 Å². The summed E-state index contributed by atoms with van der Waals surface area (Å²) < 4.78 is 4.81. The maximum atomic E-state index is 11.6. The van der Waals surface area contributed by atoms with Gasteiger partial charge in [0.25, 0.3) is 0 Å². The van der Waals surface area contributed by atoms with Gasteiger partial charge in [-0.2, -0.15) is 0 Å². The van der Waals surface area contributed by atoms with E-state index in [1.165, 1.54) is 51.4 Å². The summed E-state index contributed by atoms with van der Waals surface area (Å²) in [7, 11) is 2.10. The van der Waals surface area contributed by atoms with Crippen LogP contribution in [0.3, 0.4) is 0 Å². The van der Waals surface area contributed by atoms with Crippen LogP contribution in [0.15, 0.2) is 11.6 Å². The lowest BCUT2D eigenvalue weighted by Gasteiger charge is -2.58. The molecule has 9 atom stereocenters. The van der Waals surface area contributed by atoms with Crippen molar-refractivity contribution >= 4 is 15.4 Å². The van der Waals surface area contributed by atoms with Gasteiger partial charge in [-0.1, -0.05) is 39.3 Å². The van der Waals surface area contributed by atoms with E-state index in [9.17, 15) is 4.79 Å². The fraction of sp³-hybridized carbons (Fsp3) is 0.880. The fourth-order valence-corrected chi connectivity index (χ4v) is 8.54. The Morgan fingerprint density at radius 1 is 1.21 bits per heavy atom. The minimum absolute atomic E-state index is 0.0790. The summed E-state index contributed by atoms with van der Waals surface area (Å²) in [4.78, 5) is 11.6. The second-order valence-electron chi connectivity index (χ2n) is 11.3. The van der Waals surface area contributed by atoms with E-state index in [0.717, 1.165) is 36.0 Å². The van der Waals surface area contributed by atoms with Crippen molar-refractivity contribution in [1.82, 2.24) is 0 Å². The third-order valence-corrected chi connectivity index (χ3v) is 10.3. The average molecular weight is 405 g/mol. The summed E-state index contributed by atoms with van der Waals surface area (Å²) >= 11 is 0. The van der Waals surface area contributed by atoms with Crippen molar-refractivity contribution in [3.63, 3.8) is 0 Å². The molecule has 0 heterocycles. The van der Waals surface area contributed by atoms with Crippen LogP contribution in [0.25, 0.3) is 0 Å². The first-order valence-corrected chi connectivity index (χ1v) is 12.4. The van der Waals surface area contributed by atoms with Crippen LogP contribution in [0.1, 0.15) is 91.9 Å². The van der Waals surface area contributed by atoms with E-state index >= 15 is 0 Å². The summed E-state index contributed by atoms with van der Waals surface area (Å²) in [5, 5.41) is 0. The quantitative estimate of drug-likeness (QED) is 0.374. The minimum atomic E-state index is -0.0790. The van der Waals surface area contributed by atoms with Crippen LogP contribution in [0.4, 0.5) is 0 Å². The van der Waals surface area contributed by atoms with Crippen molar-refractivity contribution < 1.29 is 9.32 Å². The van der Waals surface area contributed by atoms with Crippen molar-refractivity contribution in [2.24, 2.45) is 46.3 Å². The van der Waals surface area contributed by atoms with Gasteiger partial charge >= 0.3 is 5.97 Å². The van der Waals surface area contributed by atoms with E-state index in [1.54, 1.807) is 0 Å². The van der Waals surface area contributed by atoms with E-state index in [1.807, 2.05) is 5.57 Å². The minimum Gasteiger partial charge on any atom is -0.452 e. The highest BCUT2D eigenvalue weighted by molar-refractivity contribution is 7.10. The molecule has 0 N–H and O–H groups in total. The van der Waals surface area contributed by atoms with Gasteiger partial charge in [0.15, 0.2) is 0 Å². The van der Waals surface area contributed by atoms with Crippen LogP contribution in [0, 0.1) is 46.3 Å². The lowest BCUT2D eigenvalue weighted by Crippen LogP contribution is -2.50. The molecule has 2 nitrogen and oxygen atoms in total. The number of hydrogen-bond donors (Lipinski definition) is 0. The van der Waals surface area contributed by atoms with Crippen LogP contribution in [-0.2, 0) is 9.32 Å². The van der Waals surface area contributed by atoms with Gasteiger partial charge in [0.1, 0.15) is 0 Å². The maximum absolute atomic E-state index is 11.6. The third-order valence-electron chi connectivity index (χ3n) is 10.0. The summed E-state index contributed by atoms with van der Waals surface area (Å²) in [6.07, 6.45) is 15.4. The highest BCUT2D eigenvalue weighted by atomic mass is 31.0. The number of rotatable bonds is 4. The van der Waals surface area contributed by atoms with E-state index in [4.69, 9.17) is 4.52 Å². The second kappa shape index (κ2) is 7.72. The Morgan fingerprint density at radius 3 is 2.75 bits per heavy atom. The Bertz CT molecular complexity index is 642. The van der Waals surface area contributed by atoms with Crippen LogP contribution in [0.5, 0.6) is 0 Å². The Kier molecular flexibility index (Phi) is 5.76. The van der Waals surface area contributed by atoms with Gasteiger partial charge in [0, 0.05) is 6.42 Å². The van der Waals surface area contributed by atoms with E-state index in [-0.39, 0.29) is 5.97 Å². The number of fused-ring (bicyclic) bond motifs is 5. The molecular formula is C25H41O2P. The van der Waals surface area contributed by atoms with Gasteiger partial charge in [0.2, 0.25) is 0 Å². The molecule has 0 aromatic carbocycles. The van der Waals surface area contributed by atoms with Gasteiger partial charge in [-0.3, -0.25) is 4.79 Å². The summed E-state index contributed by atoms with van der Waals surface area (Å²) in [5.41, 5.74) is 2.79. The Morgan fingerprint density at radius 2 is 2.00 bits per heavy atom. The lowest BCUT2D eigenvalue weighted by atomic mass is 9.46. The molecule has 0 spiro atoms. The molecule has 0 aromatic heterocycles. The van der Waals surface area contributed by atoms with Gasteiger partial charge in [-0.05, 0) is 104 Å². The lowest BCUT2D eigenvalue weighted by molar-refractivity contribution is -0.133. The zero-order valence-corrected chi connectivity index (χ0v) is 19.7. The molecule has 4 aliphatic rings. The van der Waals surface area contributed by atoms with Crippen molar-refractivity contribution in [3.8, 4) is 0 Å². The fourth-order valence-electron chi connectivity index (χ4n) is 8.42. The first-order chi connectivity index (χ1) is 13.3. The molecule has 0 aromatic rings. The molecule has 158 valence electrons. The largest absolute Gasteiger partial charge is 0.452 e. The van der Waals surface area contributed by atoms with Gasteiger partial charge in [-0.25, -0.2) is 0 Å². The molecule has 3 fully saturated rings. The standard InChI is InChI=1S/C25H41O2P/c1-16-11-13-24(3)18(15-16)6-7-19-21-9-8-20(17(2)5-10-23(26)27-28)25(21,4)14-12-22(19)24/h6,16-17,19-22H,5,7-15,28H2,1-4H3/t16-,17-,19?,20-,21?,22?,24+,25-/m1/s1. The molecule has 0 aliphatic heterocycles. The predicted molar refractivity (Wildman–Crippen MR) is 119 cm³/mol. The second-order valence-corrected chi connectivity index (χ2v) is 11.6. The van der Waals surface area contributed by atoms with Crippen molar-refractivity contribution in [2.75, 3.05) is 0 Å². The number of carbonyl (C=O) groups excluding carboxylic acids is 1. The van der Waals surface area contributed by atoms with Crippen molar-refractivity contribution in [2.45, 2.75) is 91.9 Å². The number of carbonyl (C=O) groups is 1. The normalized spacial score (nSPS) is 46.0. The van der Waals surface area contributed by atoms with Crippen molar-refractivity contribution in [1.29, 1.82) is 0 Å². The summed E-state index contributed by atoms with van der Waals surface area (Å²) in [6.45, 7) is 10.1. The first kappa shape index (κ1) is 20.9. The van der Waals surface area contributed by atoms with Crippen LogP contribution >= 0.6 is 9.47 Å². The Balaban J connectivity index is 1.51. The molecular weight excluding hydrogens is 363 g/mol. The zero-order valence-electron chi connectivity index (χ0n) is 18.5. The summed E-state index contributed by atoms with van der Waals surface area (Å²) in [5.74, 6) is 4.91. The molecule has 28 heavy (non-hydrogen) atoms. The van der Waals surface area contributed by atoms with E-state index < -0.39 is 0 Å². The monoisotopic (exact) mass is 404 g/mol. The number of allylic oxidation sites excluding steroid dienone is 2. The summed E-state index contributed by atoms with van der Waals surface area (Å²) in [6, 6.07) is 0. The molecule has 3 heteroatoms. The zero-order chi connectivity index (χ0) is 20.1. The molecule has 4 aliphatic carbocycles. The average Bonchev–Trinajstić information content (AvgIpc) is 3.03. The van der Waals surface area contributed by atoms with Crippen LogP contribution in [0.2, 0.25) is 0 Å². The molecule has 0 saturated heterocycles. The van der Waals surface area contributed by atoms with Crippen LogP contribution in [-0.4, -0.2) is 5.97 Å². The van der Waals surface area contributed by atoms with Crippen LogP contribution < -0.4 is 0 Å². The smallest absolute Gasteiger partial charge is 0.307 e. The first-order valence-electron chi connectivity index (χ1n) is 11.9. The topological polar surface area (TPSA) is 26.3 Å². The Labute approximate surface area is 174 Å². The highest BCUT2D eigenvalue weighted by Crippen LogP contribution is 2.67.